The maximum Gasteiger partial charge on any atom is 0.413 e. The molecular formula is C30H41N7O5S. The van der Waals surface area contributed by atoms with Gasteiger partial charge in [0.25, 0.3) is 11.8 Å². The number of nitrogens with zero attached hydrogens (tertiary/aromatic N) is 3. The molecule has 1 fully saturated rings. The van der Waals surface area contributed by atoms with Crippen molar-refractivity contribution < 1.29 is 23.9 Å². The molecule has 1 aliphatic heterocycles. The van der Waals surface area contributed by atoms with E-state index in [-0.39, 0.29) is 29.5 Å². The first-order valence-corrected chi connectivity index (χ1v) is 15.2. The molecule has 1 aliphatic carbocycles. The van der Waals surface area contributed by atoms with Crippen LogP contribution in [0.2, 0.25) is 0 Å². The van der Waals surface area contributed by atoms with Crippen LogP contribution in [0.5, 0.6) is 0 Å². The summed E-state index contributed by atoms with van der Waals surface area (Å²) in [5.74, 6) is -1.20. The Morgan fingerprint density at radius 1 is 1.07 bits per heavy atom. The Balaban J connectivity index is 1.47. The van der Waals surface area contributed by atoms with E-state index in [9.17, 15) is 19.2 Å². The smallest absolute Gasteiger partial charge is 0.413 e. The highest BCUT2D eigenvalue weighted by atomic mass is 32.1. The van der Waals surface area contributed by atoms with E-state index in [1.807, 2.05) is 7.05 Å². The molecule has 2 aromatic rings. The minimum Gasteiger partial charge on any atom is -0.444 e. The summed E-state index contributed by atoms with van der Waals surface area (Å²) in [5.41, 5.74) is 0.863. The van der Waals surface area contributed by atoms with Gasteiger partial charge in [-0.2, -0.15) is 0 Å². The second-order valence-electron chi connectivity index (χ2n) is 12.4. The van der Waals surface area contributed by atoms with Crippen molar-refractivity contribution in [2.24, 2.45) is 5.92 Å². The number of likely N-dealkylation sites (N-methyl/N-ethyl adjacent to an activating group) is 1. The highest BCUT2D eigenvalue weighted by molar-refractivity contribution is 7.13. The first kappa shape index (κ1) is 32.1. The zero-order chi connectivity index (χ0) is 31.5. The lowest BCUT2D eigenvalue weighted by molar-refractivity contribution is -0.134. The second kappa shape index (κ2) is 13.2. The van der Waals surface area contributed by atoms with Gasteiger partial charge in [0.2, 0.25) is 5.91 Å². The Labute approximate surface area is 256 Å². The third-order valence-electron chi connectivity index (χ3n) is 7.43. The van der Waals surface area contributed by atoms with Crippen LogP contribution in [-0.4, -0.2) is 89.8 Å². The Hall–Kier alpha value is -3.84. The number of fused-ring (bicyclic) bond motifs is 1. The summed E-state index contributed by atoms with van der Waals surface area (Å²) >= 11 is 1.38. The molecular weight excluding hydrogens is 570 g/mol. The Morgan fingerprint density at radius 2 is 1.77 bits per heavy atom. The van der Waals surface area contributed by atoms with Crippen molar-refractivity contribution in [3.05, 3.63) is 51.0 Å². The number of carbonyl (C=O) groups is 4. The Kier molecular flexibility index (Phi) is 9.86. The minimum absolute atomic E-state index is 0.0134. The molecule has 0 spiro atoms. The van der Waals surface area contributed by atoms with Crippen LogP contribution < -0.4 is 16.0 Å². The maximum atomic E-state index is 13.4. The van der Waals surface area contributed by atoms with Crippen molar-refractivity contribution in [3.8, 4) is 0 Å². The first-order valence-electron chi connectivity index (χ1n) is 14.4. The third-order valence-corrected chi connectivity index (χ3v) is 8.51. The van der Waals surface area contributed by atoms with E-state index >= 15 is 0 Å². The molecule has 43 heavy (non-hydrogen) atoms. The zero-order valence-corrected chi connectivity index (χ0v) is 26.4. The van der Waals surface area contributed by atoms with Crippen molar-refractivity contribution in [2.75, 3.05) is 27.7 Å². The molecule has 1 aromatic carbocycles. The van der Waals surface area contributed by atoms with Crippen molar-refractivity contribution in [3.63, 3.8) is 0 Å². The molecule has 0 bridgehead atoms. The van der Waals surface area contributed by atoms with Crippen molar-refractivity contribution in [1.82, 2.24) is 30.7 Å². The molecule has 1 saturated carbocycles. The summed E-state index contributed by atoms with van der Waals surface area (Å²) < 4.78 is 5.21. The normalized spacial score (nSPS) is 20.4. The molecule has 2 aliphatic rings. The summed E-state index contributed by atoms with van der Waals surface area (Å²) in [6, 6.07) is 5.46. The van der Waals surface area contributed by atoms with Gasteiger partial charge in [0.05, 0.1) is 11.7 Å². The Morgan fingerprint density at radius 3 is 2.47 bits per heavy atom. The van der Waals surface area contributed by atoms with Crippen molar-refractivity contribution >= 4 is 41.0 Å². The second-order valence-corrected chi connectivity index (χ2v) is 13.4. The number of hydrogen-bond acceptors (Lipinski definition) is 9. The van der Waals surface area contributed by atoms with E-state index in [2.05, 4.69) is 25.8 Å². The number of thiazole rings is 1. The van der Waals surface area contributed by atoms with Gasteiger partial charge in [-0.25, -0.2) is 9.78 Å². The molecule has 0 radical (unpaired) electrons. The number of aromatic nitrogens is 1. The van der Waals surface area contributed by atoms with Crippen LogP contribution in [0.25, 0.3) is 0 Å². The van der Waals surface area contributed by atoms with Gasteiger partial charge >= 0.3 is 6.09 Å². The Bertz CT molecular complexity index is 1400. The topological polar surface area (TPSA) is 157 Å². The lowest BCUT2D eigenvalue weighted by Gasteiger charge is -2.37. The van der Waals surface area contributed by atoms with E-state index in [4.69, 9.17) is 10.1 Å². The highest BCUT2D eigenvalue weighted by Crippen LogP contribution is 2.28. The van der Waals surface area contributed by atoms with Crippen LogP contribution in [0, 0.1) is 11.3 Å². The van der Waals surface area contributed by atoms with Gasteiger partial charge in [-0.3, -0.25) is 25.1 Å². The standard InChI is InChI=1S/C30H41N7O5S/c1-30(2,3)42-29(41)35-24(31)17-8-7-9-18(14-17)25(38)32-20-11-10-19(28(40)36(4)5)15-22(20)33-26(39)27-34-21-12-13-37(6)16-23(21)43-27/h7-9,14,19-20,22H,10-13,15-16H2,1-6H3,(H,32,38)(H,33,39)(H2,31,35,41)/t19-,20-,22+/m0/s1. The molecule has 13 heteroatoms. The maximum absolute atomic E-state index is 13.4. The molecule has 232 valence electrons. The van der Waals surface area contributed by atoms with Crippen molar-refractivity contribution in [1.29, 1.82) is 5.41 Å². The monoisotopic (exact) mass is 611 g/mol. The molecule has 4 rings (SSSR count). The molecule has 0 unspecified atom stereocenters. The third kappa shape index (κ3) is 8.38. The van der Waals surface area contributed by atoms with Crippen LogP contribution in [0.1, 0.15) is 76.3 Å². The van der Waals surface area contributed by atoms with E-state index in [0.29, 0.717) is 35.4 Å². The van der Waals surface area contributed by atoms with Crippen molar-refractivity contribution in [2.45, 2.75) is 70.7 Å². The molecule has 3 atom stereocenters. The summed E-state index contributed by atoms with van der Waals surface area (Å²) in [6.45, 7) is 6.82. The van der Waals surface area contributed by atoms with Gasteiger partial charge in [-0.1, -0.05) is 12.1 Å². The molecule has 0 saturated heterocycles. The van der Waals surface area contributed by atoms with Gasteiger partial charge in [-0.15, -0.1) is 11.3 Å². The van der Waals surface area contributed by atoms with Gasteiger partial charge in [-0.05, 0) is 59.2 Å². The van der Waals surface area contributed by atoms with Crippen LogP contribution in [0.3, 0.4) is 0 Å². The van der Waals surface area contributed by atoms with E-state index in [1.54, 1.807) is 58.0 Å². The lowest BCUT2D eigenvalue weighted by Crippen LogP contribution is -2.55. The van der Waals surface area contributed by atoms with Gasteiger partial charge < -0.3 is 25.2 Å². The summed E-state index contributed by atoms with van der Waals surface area (Å²) in [5, 5.41) is 17.2. The fourth-order valence-electron chi connectivity index (χ4n) is 5.29. The zero-order valence-electron chi connectivity index (χ0n) is 25.6. The summed E-state index contributed by atoms with van der Waals surface area (Å²) in [6.07, 6.45) is 1.47. The van der Waals surface area contributed by atoms with Gasteiger partial charge in [0, 0.05) is 61.6 Å². The predicted molar refractivity (Wildman–Crippen MR) is 163 cm³/mol. The number of hydrogen-bond donors (Lipinski definition) is 4. The number of carbonyl (C=O) groups excluding carboxylic acids is 4. The largest absolute Gasteiger partial charge is 0.444 e. The number of ether oxygens (including phenoxy) is 1. The molecule has 2 heterocycles. The number of amidine groups is 1. The van der Waals surface area contributed by atoms with E-state index < -0.39 is 23.8 Å². The number of nitrogens with one attached hydrogen (secondary N) is 4. The number of rotatable bonds is 6. The first-order chi connectivity index (χ1) is 20.2. The van der Waals surface area contributed by atoms with Gasteiger partial charge in [0.1, 0.15) is 11.4 Å². The predicted octanol–water partition coefficient (Wildman–Crippen LogP) is 2.77. The van der Waals surface area contributed by atoms with Crippen LogP contribution in [0.15, 0.2) is 24.3 Å². The van der Waals surface area contributed by atoms with Crippen LogP contribution >= 0.6 is 11.3 Å². The minimum atomic E-state index is -0.761. The quantitative estimate of drug-likeness (QED) is 0.289. The molecule has 1 aromatic heterocycles. The highest BCUT2D eigenvalue weighted by Gasteiger charge is 2.37. The molecule has 4 amide bonds. The van der Waals surface area contributed by atoms with E-state index in [1.165, 1.54) is 17.4 Å². The average molecular weight is 612 g/mol. The number of amides is 4. The molecule has 4 N–H and O–H groups in total. The van der Waals surface area contributed by atoms with Gasteiger partial charge in [0.15, 0.2) is 5.01 Å². The fraction of sp³-hybridized carbons (Fsp3) is 0.533. The molecule has 12 nitrogen and oxygen atoms in total. The SMILES string of the molecule is CN1CCc2nc(C(=O)N[C@@H]3C[C@@H](C(=O)N(C)C)CC[C@@H]3NC(=O)c3cccc(C(=N)NC(=O)OC(C)(C)C)c3)sc2C1. The van der Waals surface area contributed by atoms with E-state index in [0.717, 1.165) is 30.1 Å². The number of alkyl carbamates (subject to hydrolysis) is 1. The fourth-order valence-corrected chi connectivity index (χ4v) is 6.38. The summed E-state index contributed by atoms with van der Waals surface area (Å²) in [7, 11) is 5.46. The number of benzene rings is 1. The van der Waals surface area contributed by atoms with Crippen LogP contribution in [-0.2, 0) is 22.5 Å². The van der Waals surface area contributed by atoms with Crippen LogP contribution in [0.4, 0.5) is 4.79 Å². The summed E-state index contributed by atoms with van der Waals surface area (Å²) in [4.78, 5) is 61.1. The lowest BCUT2D eigenvalue weighted by atomic mass is 9.81. The average Bonchev–Trinajstić information content (AvgIpc) is 3.36.